The summed E-state index contributed by atoms with van der Waals surface area (Å²) in [5.74, 6) is 1.92. The van der Waals surface area contributed by atoms with Crippen LogP contribution in [-0.4, -0.2) is 41.6 Å². The third-order valence-corrected chi connectivity index (χ3v) is 6.96. The molecule has 0 saturated carbocycles. The largest absolute Gasteiger partial charge is 0.496 e. The van der Waals surface area contributed by atoms with Crippen molar-refractivity contribution in [3.8, 4) is 16.9 Å². The van der Waals surface area contributed by atoms with E-state index in [-0.39, 0.29) is 12.4 Å². The van der Waals surface area contributed by atoms with Gasteiger partial charge in [0.05, 0.1) is 12.6 Å². The summed E-state index contributed by atoms with van der Waals surface area (Å²) in [7, 11) is 1.69. The van der Waals surface area contributed by atoms with E-state index >= 15 is 0 Å². The molecule has 0 atom stereocenters. The lowest BCUT2D eigenvalue weighted by Crippen LogP contribution is -2.35. The molecule has 0 unspecified atom stereocenters. The highest BCUT2D eigenvalue weighted by Crippen LogP contribution is 2.35. The number of rotatable bonds is 7. The number of nitrogens with one attached hydrogen (secondary N) is 1. The fourth-order valence-corrected chi connectivity index (χ4v) is 4.91. The van der Waals surface area contributed by atoms with E-state index in [0.717, 1.165) is 49.9 Å². The number of piperidine rings is 1. The molecule has 1 saturated heterocycles. The van der Waals surface area contributed by atoms with Crippen LogP contribution in [0, 0.1) is 5.92 Å². The van der Waals surface area contributed by atoms with E-state index in [0.29, 0.717) is 34.7 Å². The highest BCUT2D eigenvalue weighted by atomic mass is 35.5. The van der Waals surface area contributed by atoms with E-state index in [2.05, 4.69) is 26.3 Å². The number of aromatic nitrogens is 2. The lowest BCUT2D eigenvalue weighted by Gasteiger charge is -2.32. The first-order valence-corrected chi connectivity index (χ1v) is 12.4. The average molecular weight is 543 g/mol. The van der Waals surface area contributed by atoms with Crippen molar-refractivity contribution < 1.29 is 17.9 Å². The number of benzene rings is 2. The zero-order valence-electron chi connectivity index (χ0n) is 21.0. The van der Waals surface area contributed by atoms with Gasteiger partial charge in [-0.2, -0.15) is 13.2 Å². The van der Waals surface area contributed by atoms with Crippen LogP contribution in [0.5, 0.6) is 5.75 Å². The lowest BCUT2D eigenvalue weighted by molar-refractivity contribution is -0.140. The third-order valence-electron chi connectivity index (χ3n) is 6.96. The molecule has 3 heterocycles. The van der Waals surface area contributed by atoms with Crippen LogP contribution in [0.1, 0.15) is 24.1 Å². The molecule has 0 radical (unpaired) electrons. The van der Waals surface area contributed by atoms with Crippen molar-refractivity contribution in [1.82, 2.24) is 14.9 Å². The molecule has 9 heteroatoms. The monoisotopic (exact) mass is 542 g/mol. The Balaban J connectivity index is 0.00000336. The minimum absolute atomic E-state index is 0. The second-order valence-corrected chi connectivity index (χ2v) is 9.39. The molecule has 4 aromatic rings. The minimum atomic E-state index is -4.52. The van der Waals surface area contributed by atoms with Crippen molar-refractivity contribution in [1.29, 1.82) is 0 Å². The maximum absolute atomic E-state index is 13.4. The highest BCUT2D eigenvalue weighted by Gasteiger charge is 2.33. The molecule has 1 N–H and O–H groups in total. The van der Waals surface area contributed by atoms with Crippen LogP contribution in [0.15, 0.2) is 72.9 Å². The van der Waals surface area contributed by atoms with Crippen molar-refractivity contribution >= 4 is 29.1 Å². The molecule has 0 amide bonds. The second kappa shape index (κ2) is 12.0. The van der Waals surface area contributed by atoms with Gasteiger partial charge in [-0.1, -0.05) is 48.5 Å². The first-order valence-electron chi connectivity index (χ1n) is 12.4. The number of hydrogen-bond acceptors (Lipinski definition) is 5. The van der Waals surface area contributed by atoms with E-state index < -0.39 is 11.9 Å². The van der Waals surface area contributed by atoms with E-state index in [1.54, 1.807) is 13.3 Å². The number of nitrogens with zero attached hydrogens (tertiary/aromatic N) is 3. The van der Waals surface area contributed by atoms with Gasteiger partial charge in [0.25, 0.3) is 0 Å². The van der Waals surface area contributed by atoms with E-state index in [9.17, 15) is 13.2 Å². The Morgan fingerprint density at radius 1 is 0.974 bits per heavy atom. The summed E-state index contributed by atoms with van der Waals surface area (Å²) in [4.78, 5) is 11.0. The maximum Gasteiger partial charge on any atom is 0.433 e. The van der Waals surface area contributed by atoms with Crippen LogP contribution >= 0.6 is 12.4 Å². The van der Waals surface area contributed by atoms with Gasteiger partial charge in [0, 0.05) is 35.8 Å². The summed E-state index contributed by atoms with van der Waals surface area (Å²) in [6.45, 7) is 3.50. The highest BCUT2D eigenvalue weighted by molar-refractivity contribution is 5.99. The molecule has 1 fully saturated rings. The van der Waals surface area contributed by atoms with Gasteiger partial charge >= 0.3 is 6.18 Å². The lowest BCUT2D eigenvalue weighted by atomic mass is 9.96. The summed E-state index contributed by atoms with van der Waals surface area (Å²) < 4.78 is 45.8. The molecule has 1 aliphatic heterocycles. The Bertz CT molecular complexity index is 1360. The first kappa shape index (κ1) is 27.7. The molecular formula is C29H30ClF3N4O. The zero-order chi connectivity index (χ0) is 25.8. The molecule has 2 aromatic carbocycles. The Labute approximate surface area is 226 Å². The van der Waals surface area contributed by atoms with Gasteiger partial charge in [0.15, 0.2) is 0 Å². The van der Waals surface area contributed by atoms with Gasteiger partial charge in [0.2, 0.25) is 0 Å². The molecule has 0 spiro atoms. The van der Waals surface area contributed by atoms with Crippen molar-refractivity contribution in [2.45, 2.75) is 25.6 Å². The third kappa shape index (κ3) is 6.19. The topological polar surface area (TPSA) is 50.3 Å². The summed E-state index contributed by atoms with van der Waals surface area (Å²) in [6.07, 6.45) is -0.850. The molecule has 5 nitrogen and oxygen atoms in total. The fourth-order valence-electron chi connectivity index (χ4n) is 4.91. The van der Waals surface area contributed by atoms with Crippen LogP contribution in [0.3, 0.4) is 0 Å². The van der Waals surface area contributed by atoms with E-state index in [1.807, 2.05) is 48.5 Å². The fraction of sp³-hybridized carbons (Fsp3) is 0.310. The zero-order valence-corrected chi connectivity index (χ0v) is 21.9. The van der Waals surface area contributed by atoms with Crippen molar-refractivity contribution in [2.75, 3.05) is 32.1 Å². The Kier molecular flexibility index (Phi) is 8.74. The summed E-state index contributed by atoms with van der Waals surface area (Å²) in [6, 6.07) is 19.9. The normalized spacial score (nSPS) is 14.7. The van der Waals surface area contributed by atoms with Crippen molar-refractivity contribution in [3.63, 3.8) is 0 Å². The number of pyridine rings is 2. The number of hydrogen-bond donors (Lipinski definition) is 1. The van der Waals surface area contributed by atoms with Gasteiger partial charge in [-0.3, -0.25) is 4.90 Å². The number of methoxy groups -OCH3 is 1. The van der Waals surface area contributed by atoms with Gasteiger partial charge in [-0.15, -0.1) is 12.4 Å². The summed E-state index contributed by atoms with van der Waals surface area (Å²) in [5.41, 5.74) is 1.93. The Morgan fingerprint density at radius 2 is 1.68 bits per heavy atom. The van der Waals surface area contributed by atoms with Gasteiger partial charge in [-0.25, -0.2) is 9.97 Å². The number of alkyl halides is 3. The first-order chi connectivity index (χ1) is 17.9. The molecule has 5 rings (SSSR count). The van der Waals surface area contributed by atoms with Crippen LogP contribution < -0.4 is 10.1 Å². The molecule has 0 bridgehead atoms. The molecule has 0 aliphatic carbocycles. The SMILES string of the molecule is COc1ccccc1CN1CCC(CNc2ncc(-c3ccccc3)c3nc(C(F)(F)F)ccc23)CC1.Cl. The quantitative estimate of drug-likeness (QED) is 0.271. The predicted molar refractivity (Wildman–Crippen MR) is 147 cm³/mol. The van der Waals surface area contributed by atoms with Crippen molar-refractivity contribution in [2.24, 2.45) is 5.92 Å². The maximum atomic E-state index is 13.4. The number of para-hydroxylation sites is 1. The van der Waals surface area contributed by atoms with Gasteiger partial charge < -0.3 is 10.1 Å². The van der Waals surface area contributed by atoms with Gasteiger partial charge in [0.1, 0.15) is 17.3 Å². The van der Waals surface area contributed by atoms with Crippen LogP contribution in [-0.2, 0) is 12.7 Å². The molecule has 200 valence electrons. The summed E-state index contributed by atoms with van der Waals surface area (Å²) in [5, 5.41) is 3.99. The Hall–Kier alpha value is -3.36. The summed E-state index contributed by atoms with van der Waals surface area (Å²) >= 11 is 0. The number of anilines is 1. The number of ether oxygens (including phenoxy) is 1. The van der Waals surface area contributed by atoms with Crippen LogP contribution in [0.4, 0.5) is 19.0 Å². The van der Waals surface area contributed by atoms with Gasteiger partial charge in [-0.05, 0) is 55.6 Å². The number of fused-ring (bicyclic) bond motifs is 1. The Morgan fingerprint density at radius 3 is 2.39 bits per heavy atom. The van der Waals surface area contributed by atoms with E-state index in [4.69, 9.17) is 4.74 Å². The molecule has 38 heavy (non-hydrogen) atoms. The number of likely N-dealkylation sites (tertiary alicyclic amines) is 1. The van der Waals surface area contributed by atoms with Crippen molar-refractivity contribution in [3.05, 3.63) is 84.2 Å². The average Bonchev–Trinajstić information content (AvgIpc) is 2.92. The second-order valence-electron chi connectivity index (χ2n) is 9.39. The predicted octanol–water partition coefficient (Wildman–Crippen LogP) is 7.07. The number of halogens is 4. The molecule has 2 aromatic heterocycles. The minimum Gasteiger partial charge on any atom is -0.496 e. The van der Waals surface area contributed by atoms with E-state index in [1.165, 1.54) is 11.6 Å². The van der Waals surface area contributed by atoms with Crippen LogP contribution in [0.2, 0.25) is 0 Å². The molecule has 1 aliphatic rings. The standard InChI is InChI=1S/C29H29F3N4O.ClH/c1-37-25-10-6-5-9-22(25)19-36-15-13-20(14-16-36)17-33-28-23-11-12-26(29(30,31)32)35-27(23)24(18-34-28)21-7-3-2-4-8-21;/h2-12,18,20H,13-17,19H2,1H3,(H,33,34);1H. The smallest absolute Gasteiger partial charge is 0.433 e. The molecular weight excluding hydrogens is 513 g/mol. The van der Waals surface area contributed by atoms with Crippen LogP contribution in [0.25, 0.3) is 22.0 Å².